The molecule has 0 fully saturated rings. The second-order valence-electron chi connectivity index (χ2n) is 6.92. The van der Waals surface area contributed by atoms with Gasteiger partial charge in [0.1, 0.15) is 0 Å². The van der Waals surface area contributed by atoms with Crippen LogP contribution in [0, 0.1) is 0 Å². The first kappa shape index (κ1) is 19.5. The molecule has 2 atom stereocenters. The number of urea groups is 1. The van der Waals surface area contributed by atoms with Crippen LogP contribution >= 0.6 is 0 Å². The molecule has 3 N–H and O–H groups in total. The van der Waals surface area contributed by atoms with Gasteiger partial charge < -0.3 is 20.5 Å². The summed E-state index contributed by atoms with van der Waals surface area (Å²) in [6.45, 7) is 9.14. The number of rotatable bonds is 7. The molecule has 130 valence electrons. The lowest BCUT2D eigenvalue weighted by Crippen LogP contribution is -2.42. The molecule has 0 heterocycles. The molecule has 0 aromatic heterocycles. The Kier molecular flexibility index (Phi) is 7.52. The van der Waals surface area contributed by atoms with Gasteiger partial charge in [-0.25, -0.2) is 4.79 Å². The molecule has 5 heteroatoms. The number of hydrogen-bond donors (Lipinski definition) is 3. The van der Waals surface area contributed by atoms with Crippen LogP contribution in [0.1, 0.15) is 51.3 Å². The summed E-state index contributed by atoms with van der Waals surface area (Å²) >= 11 is 0. The van der Waals surface area contributed by atoms with E-state index >= 15 is 0 Å². The Hall–Kier alpha value is -1.59. The Labute approximate surface area is 139 Å². The number of methoxy groups -OCH3 is 1. The number of benzene rings is 1. The van der Waals surface area contributed by atoms with Gasteiger partial charge in [-0.15, -0.1) is 0 Å². The first-order valence-electron chi connectivity index (χ1n) is 8.06. The highest BCUT2D eigenvalue weighted by Crippen LogP contribution is 2.23. The fourth-order valence-electron chi connectivity index (χ4n) is 2.15. The van der Waals surface area contributed by atoms with Gasteiger partial charge in [0.25, 0.3) is 0 Å². The number of carbonyl (C=O) groups excluding carboxylic acids is 1. The summed E-state index contributed by atoms with van der Waals surface area (Å²) in [6, 6.07) is 7.60. The first-order valence-corrected chi connectivity index (χ1v) is 8.06. The molecule has 5 nitrogen and oxygen atoms in total. The SMILES string of the molecule is COCCC(C)NC(=O)NCC(O)c1ccc(C(C)(C)C)cc1. The average Bonchev–Trinajstić information content (AvgIpc) is 2.49. The van der Waals surface area contributed by atoms with Gasteiger partial charge >= 0.3 is 6.03 Å². The third-order valence-corrected chi connectivity index (χ3v) is 3.75. The third-order valence-electron chi connectivity index (χ3n) is 3.75. The minimum absolute atomic E-state index is 0.0261. The van der Waals surface area contributed by atoms with Gasteiger partial charge in [0.2, 0.25) is 0 Å². The Balaban J connectivity index is 2.44. The molecule has 1 rings (SSSR count). The Morgan fingerprint density at radius 3 is 2.39 bits per heavy atom. The third kappa shape index (κ3) is 7.01. The van der Waals surface area contributed by atoms with Crippen LogP contribution in [0.2, 0.25) is 0 Å². The summed E-state index contributed by atoms with van der Waals surface area (Å²) < 4.78 is 4.97. The highest BCUT2D eigenvalue weighted by atomic mass is 16.5. The summed E-state index contributed by atoms with van der Waals surface area (Å²) in [6.07, 6.45) is 0.0323. The minimum atomic E-state index is -0.718. The Morgan fingerprint density at radius 2 is 1.87 bits per heavy atom. The van der Waals surface area contributed by atoms with Crippen molar-refractivity contribution in [1.29, 1.82) is 0 Å². The largest absolute Gasteiger partial charge is 0.387 e. The lowest BCUT2D eigenvalue weighted by Gasteiger charge is -2.20. The van der Waals surface area contributed by atoms with Gasteiger partial charge in [-0.1, -0.05) is 45.0 Å². The smallest absolute Gasteiger partial charge is 0.315 e. The highest BCUT2D eigenvalue weighted by molar-refractivity contribution is 5.74. The fourth-order valence-corrected chi connectivity index (χ4v) is 2.15. The van der Waals surface area contributed by atoms with E-state index in [-0.39, 0.29) is 24.0 Å². The van der Waals surface area contributed by atoms with Crippen molar-refractivity contribution >= 4 is 6.03 Å². The van der Waals surface area contributed by atoms with Crippen molar-refractivity contribution < 1.29 is 14.6 Å². The molecule has 0 aliphatic rings. The summed E-state index contributed by atoms with van der Waals surface area (Å²) in [7, 11) is 1.63. The van der Waals surface area contributed by atoms with Gasteiger partial charge in [0, 0.05) is 26.3 Å². The maximum absolute atomic E-state index is 11.8. The van der Waals surface area contributed by atoms with E-state index in [1.165, 1.54) is 5.56 Å². The Morgan fingerprint density at radius 1 is 1.26 bits per heavy atom. The van der Waals surface area contributed by atoms with Crippen LogP contribution in [0.25, 0.3) is 0 Å². The molecule has 0 spiro atoms. The lowest BCUT2D eigenvalue weighted by atomic mass is 9.86. The molecule has 0 saturated heterocycles. The number of hydrogen-bond acceptors (Lipinski definition) is 3. The second-order valence-corrected chi connectivity index (χ2v) is 6.92. The van der Waals surface area contributed by atoms with E-state index in [1.807, 2.05) is 31.2 Å². The predicted octanol–water partition coefficient (Wildman–Crippen LogP) is 2.74. The van der Waals surface area contributed by atoms with Gasteiger partial charge in [0.05, 0.1) is 6.10 Å². The maximum atomic E-state index is 11.8. The molecule has 0 aliphatic heterocycles. The predicted molar refractivity (Wildman–Crippen MR) is 92.6 cm³/mol. The van der Waals surface area contributed by atoms with Crippen LogP contribution in [-0.2, 0) is 10.2 Å². The summed E-state index contributed by atoms with van der Waals surface area (Å²) in [5.41, 5.74) is 2.09. The van der Waals surface area contributed by atoms with Crippen LogP contribution < -0.4 is 10.6 Å². The van der Waals surface area contributed by atoms with Crippen molar-refractivity contribution in [3.05, 3.63) is 35.4 Å². The van der Waals surface area contributed by atoms with Gasteiger partial charge in [-0.05, 0) is 29.9 Å². The van der Waals surface area contributed by atoms with E-state index in [1.54, 1.807) is 7.11 Å². The fraction of sp³-hybridized carbons (Fsp3) is 0.611. The van der Waals surface area contributed by atoms with Crippen molar-refractivity contribution in [1.82, 2.24) is 10.6 Å². The average molecular weight is 322 g/mol. The highest BCUT2D eigenvalue weighted by Gasteiger charge is 2.15. The summed E-state index contributed by atoms with van der Waals surface area (Å²) in [4.78, 5) is 11.8. The standard InChI is InChI=1S/C18H30N2O3/c1-13(10-11-23-5)20-17(22)19-12-16(21)14-6-8-15(9-7-14)18(2,3)4/h6-9,13,16,21H,10-12H2,1-5H3,(H2,19,20,22). The summed E-state index contributed by atoms with van der Waals surface area (Å²) in [5.74, 6) is 0. The van der Waals surface area contributed by atoms with E-state index in [0.717, 1.165) is 12.0 Å². The zero-order valence-electron chi connectivity index (χ0n) is 14.8. The molecule has 0 aliphatic carbocycles. The first-order chi connectivity index (χ1) is 10.7. The van der Waals surface area contributed by atoms with Crippen LogP contribution in [0.5, 0.6) is 0 Å². The van der Waals surface area contributed by atoms with Gasteiger partial charge in [-0.2, -0.15) is 0 Å². The molecule has 0 saturated carbocycles. The molecule has 2 amide bonds. The molecule has 1 aromatic rings. The molecule has 23 heavy (non-hydrogen) atoms. The molecular weight excluding hydrogens is 292 g/mol. The zero-order valence-corrected chi connectivity index (χ0v) is 14.8. The summed E-state index contributed by atoms with van der Waals surface area (Å²) in [5, 5.41) is 15.7. The molecule has 2 unspecified atom stereocenters. The monoisotopic (exact) mass is 322 g/mol. The zero-order chi connectivity index (χ0) is 17.5. The number of carbonyl (C=O) groups is 1. The van der Waals surface area contributed by atoms with Crippen molar-refractivity contribution in [2.45, 2.75) is 51.7 Å². The van der Waals surface area contributed by atoms with E-state index in [9.17, 15) is 9.90 Å². The molecule has 1 aromatic carbocycles. The number of amides is 2. The number of ether oxygens (including phenoxy) is 1. The lowest BCUT2D eigenvalue weighted by molar-refractivity contribution is 0.169. The number of aliphatic hydroxyl groups is 1. The number of aliphatic hydroxyl groups excluding tert-OH is 1. The van der Waals surface area contributed by atoms with Crippen LogP contribution in [0.4, 0.5) is 4.79 Å². The molecule has 0 radical (unpaired) electrons. The van der Waals surface area contributed by atoms with Crippen LogP contribution in [-0.4, -0.2) is 37.4 Å². The van der Waals surface area contributed by atoms with Crippen molar-refractivity contribution in [3.8, 4) is 0 Å². The second kappa shape index (κ2) is 8.89. The number of nitrogens with one attached hydrogen (secondary N) is 2. The van der Waals surface area contributed by atoms with E-state index < -0.39 is 6.10 Å². The van der Waals surface area contributed by atoms with Crippen molar-refractivity contribution in [2.24, 2.45) is 0 Å². The van der Waals surface area contributed by atoms with Crippen LogP contribution in [0.3, 0.4) is 0 Å². The van der Waals surface area contributed by atoms with E-state index in [0.29, 0.717) is 6.61 Å². The maximum Gasteiger partial charge on any atom is 0.315 e. The quantitative estimate of drug-likeness (QED) is 0.723. The Bertz CT molecular complexity index is 480. The minimum Gasteiger partial charge on any atom is -0.387 e. The van der Waals surface area contributed by atoms with Crippen molar-refractivity contribution in [3.63, 3.8) is 0 Å². The van der Waals surface area contributed by atoms with E-state index in [2.05, 4.69) is 31.4 Å². The topological polar surface area (TPSA) is 70.6 Å². The normalized spacial score (nSPS) is 14.2. The molecule has 0 bridgehead atoms. The van der Waals surface area contributed by atoms with Gasteiger partial charge in [0.15, 0.2) is 0 Å². The molecular formula is C18H30N2O3. The van der Waals surface area contributed by atoms with E-state index in [4.69, 9.17) is 4.74 Å². The van der Waals surface area contributed by atoms with Crippen LogP contribution in [0.15, 0.2) is 24.3 Å². The van der Waals surface area contributed by atoms with Crippen molar-refractivity contribution in [2.75, 3.05) is 20.3 Å². The van der Waals surface area contributed by atoms with Gasteiger partial charge in [-0.3, -0.25) is 0 Å².